The van der Waals surface area contributed by atoms with E-state index < -0.39 is 11.7 Å². The number of fused-ring (bicyclic) bond motifs is 2. The molecule has 0 spiro atoms. The van der Waals surface area contributed by atoms with Gasteiger partial charge in [0.2, 0.25) is 0 Å². The molecule has 0 bridgehead atoms. The Morgan fingerprint density at radius 1 is 1.15 bits per heavy atom. The molecule has 7 nitrogen and oxygen atoms in total. The Kier molecular flexibility index (Phi) is 6.78. The summed E-state index contributed by atoms with van der Waals surface area (Å²) in [4.78, 5) is 18.2. The minimum atomic E-state index is -1.07. The number of hydrogen-bond acceptors (Lipinski definition) is 5. The minimum absolute atomic E-state index is 0. The number of ether oxygens (including phenoxy) is 2. The number of nitrogens with zero attached hydrogens (tertiary/aromatic N) is 2. The van der Waals surface area contributed by atoms with Crippen LogP contribution in [-0.2, 0) is 6.54 Å². The van der Waals surface area contributed by atoms with E-state index in [1.807, 2.05) is 18.2 Å². The van der Waals surface area contributed by atoms with Crippen molar-refractivity contribution >= 4 is 52.3 Å². The highest BCUT2D eigenvalue weighted by molar-refractivity contribution is 6.42. The zero-order chi connectivity index (χ0) is 22.5. The molecular weight excluding hydrogens is 489 g/mol. The molecule has 0 saturated carbocycles. The van der Waals surface area contributed by atoms with E-state index in [1.54, 1.807) is 23.6 Å². The van der Waals surface area contributed by atoms with E-state index in [0.717, 1.165) is 42.7 Å². The number of para-hydroxylation sites is 1. The summed E-state index contributed by atoms with van der Waals surface area (Å²) in [5.74, 6) is 0.880. The molecule has 2 aromatic carbocycles. The molecule has 0 amide bonds. The smallest absolute Gasteiger partial charge is 0.326 e. The maximum absolute atomic E-state index is 12.9. The zero-order valence-electron chi connectivity index (χ0n) is 18.1. The number of anilines is 1. The molecule has 1 fully saturated rings. The number of piperidine rings is 1. The summed E-state index contributed by atoms with van der Waals surface area (Å²) in [6.07, 6.45) is 2.51. The van der Waals surface area contributed by atoms with E-state index >= 15 is 0 Å². The van der Waals surface area contributed by atoms with Crippen molar-refractivity contribution in [3.05, 3.63) is 50.9 Å². The molecule has 178 valence electrons. The Balaban J connectivity index is 0.00000259. The average molecular weight is 515 g/mol. The number of rotatable bonds is 4. The van der Waals surface area contributed by atoms with E-state index in [0.29, 0.717) is 21.5 Å². The lowest BCUT2D eigenvalue weighted by atomic mass is 9.98. The van der Waals surface area contributed by atoms with Gasteiger partial charge in [0, 0.05) is 25.2 Å². The Bertz CT molecular complexity index is 1220. The van der Waals surface area contributed by atoms with E-state index in [9.17, 15) is 9.90 Å². The number of hydrogen-bond donors (Lipinski definition) is 2. The average Bonchev–Trinajstić information content (AvgIpc) is 3.10. The van der Waals surface area contributed by atoms with E-state index in [2.05, 4.69) is 9.88 Å². The van der Waals surface area contributed by atoms with Crippen molar-refractivity contribution in [3.63, 3.8) is 0 Å². The molecule has 33 heavy (non-hydrogen) atoms. The number of imidazole rings is 1. The first-order valence-corrected chi connectivity index (χ1v) is 11.6. The number of nitrogens with one attached hydrogen (secondary N) is 1. The second kappa shape index (κ2) is 9.29. The van der Waals surface area contributed by atoms with Crippen LogP contribution in [0.3, 0.4) is 0 Å². The highest BCUT2D eigenvalue weighted by Gasteiger charge is 2.41. The number of halogens is 3. The van der Waals surface area contributed by atoms with E-state index in [1.165, 1.54) is 6.42 Å². The normalized spacial score (nSPS) is 21.0. The van der Waals surface area contributed by atoms with Gasteiger partial charge in [0.25, 0.3) is 0 Å². The van der Waals surface area contributed by atoms with Gasteiger partial charge in [0.05, 0.1) is 33.3 Å². The van der Waals surface area contributed by atoms with E-state index in [-0.39, 0.29) is 31.2 Å². The van der Waals surface area contributed by atoms with Crippen molar-refractivity contribution in [2.45, 2.75) is 44.4 Å². The predicted octanol–water partition coefficient (Wildman–Crippen LogP) is 4.64. The van der Waals surface area contributed by atoms with E-state index in [4.69, 9.17) is 32.7 Å². The summed E-state index contributed by atoms with van der Waals surface area (Å²) < 4.78 is 13.4. The van der Waals surface area contributed by atoms with Gasteiger partial charge in [-0.1, -0.05) is 29.3 Å². The van der Waals surface area contributed by atoms with Gasteiger partial charge in [-0.15, -0.1) is 12.4 Å². The van der Waals surface area contributed by atoms with Crippen LogP contribution in [0.15, 0.2) is 35.1 Å². The molecule has 2 N–H and O–H groups in total. The lowest BCUT2D eigenvalue weighted by Gasteiger charge is -2.39. The molecule has 2 atom stereocenters. The van der Waals surface area contributed by atoms with Crippen LogP contribution in [0.5, 0.6) is 11.5 Å². The fourth-order valence-corrected chi connectivity index (χ4v) is 4.79. The van der Waals surface area contributed by atoms with Gasteiger partial charge in [0.15, 0.2) is 17.1 Å². The maximum Gasteiger partial charge on any atom is 0.326 e. The molecule has 1 saturated heterocycles. The monoisotopic (exact) mass is 513 g/mol. The van der Waals surface area contributed by atoms with Crippen molar-refractivity contribution in [1.82, 2.24) is 9.55 Å². The van der Waals surface area contributed by atoms with Crippen molar-refractivity contribution < 1.29 is 14.6 Å². The summed E-state index contributed by atoms with van der Waals surface area (Å²) in [5.41, 5.74) is 1.24. The number of benzene rings is 2. The number of aliphatic hydroxyl groups is 1. The molecule has 0 aliphatic carbocycles. The first-order valence-electron chi connectivity index (χ1n) is 10.8. The van der Waals surface area contributed by atoms with Crippen LogP contribution < -0.4 is 20.1 Å². The van der Waals surface area contributed by atoms with Gasteiger partial charge in [0.1, 0.15) is 12.7 Å². The Morgan fingerprint density at radius 3 is 2.58 bits per heavy atom. The molecule has 5 rings (SSSR count). The van der Waals surface area contributed by atoms with Crippen LogP contribution in [0.25, 0.3) is 11.0 Å². The van der Waals surface area contributed by atoms with Gasteiger partial charge in [-0.3, -0.25) is 4.57 Å². The number of aliphatic hydroxyl groups excluding tert-OH is 1. The summed E-state index contributed by atoms with van der Waals surface area (Å²) >= 11 is 12.2. The molecule has 2 unspecified atom stereocenters. The van der Waals surface area contributed by atoms with Gasteiger partial charge in [-0.05, 0) is 38.3 Å². The second-order valence-electron chi connectivity index (χ2n) is 8.69. The molecule has 2 aliphatic rings. The number of H-pyrrole nitrogens is 1. The predicted molar refractivity (Wildman–Crippen MR) is 133 cm³/mol. The number of aromatic amines is 1. The van der Waals surface area contributed by atoms with Gasteiger partial charge in [-0.2, -0.15) is 0 Å². The largest absolute Gasteiger partial charge is 0.485 e. The summed E-state index contributed by atoms with van der Waals surface area (Å²) in [6, 6.07) is 9.05. The van der Waals surface area contributed by atoms with Crippen molar-refractivity contribution in [1.29, 1.82) is 0 Å². The molecule has 3 heterocycles. The zero-order valence-corrected chi connectivity index (χ0v) is 20.5. The quantitative estimate of drug-likeness (QED) is 0.530. The first kappa shape index (κ1) is 24.1. The lowest BCUT2D eigenvalue weighted by molar-refractivity contribution is -0.0895. The Hall–Kier alpha value is -2.06. The van der Waals surface area contributed by atoms with Crippen molar-refractivity contribution in [2.75, 3.05) is 24.6 Å². The Labute approximate surface area is 207 Å². The third-order valence-corrected chi connectivity index (χ3v) is 7.11. The molecule has 3 aromatic rings. The van der Waals surface area contributed by atoms with Crippen LogP contribution in [0.4, 0.5) is 5.69 Å². The molecule has 10 heteroatoms. The fourth-order valence-electron chi connectivity index (χ4n) is 4.48. The van der Waals surface area contributed by atoms with Gasteiger partial charge >= 0.3 is 5.69 Å². The van der Waals surface area contributed by atoms with Gasteiger partial charge in [-0.25, -0.2) is 4.79 Å². The van der Waals surface area contributed by atoms with Crippen LogP contribution in [0.2, 0.25) is 10.0 Å². The summed E-state index contributed by atoms with van der Waals surface area (Å²) in [6.45, 7) is 3.87. The standard InChI is InChI=1S/C23H25Cl2N3O4.ClH/c1-23(13-31-18-10-14(24)15(25)11-19(18)32-23)20(29)12-28-17-7-5-6-16(21(17)26-22(28)30)27-8-3-2-4-9-27;/h5-7,10-11,20,29H,2-4,8-9,12-13H2,1H3,(H,26,30);1H. The number of aromatic nitrogens is 2. The Morgan fingerprint density at radius 2 is 1.85 bits per heavy atom. The van der Waals surface area contributed by atoms with Crippen LogP contribution in [0.1, 0.15) is 26.2 Å². The first-order chi connectivity index (χ1) is 15.4. The molecule has 2 aliphatic heterocycles. The van der Waals surface area contributed by atoms with Gasteiger partial charge < -0.3 is 24.5 Å². The fraction of sp³-hybridized carbons (Fsp3) is 0.435. The van der Waals surface area contributed by atoms with Crippen molar-refractivity contribution in [2.24, 2.45) is 0 Å². The van der Waals surface area contributed by atoms with Crippen LogP contribution >= 0.6 is 35.6 Å². The molecular formula is C23H26Cl3N3O4. The maximum atomic E-state index is 12.9. The molecule has 1 aromatic heterocycles. The SMILES string of the molecule is CC1(C(O)Cn2c(=O)[nH]c3c(N4CCCCC4)cccc32)COc2cc(Cl)c(Cl)cc2O1.Cl. The topological polar surface area (TPSA) is 79.7 Å². The van der Waals surface area contributed by atoms with Crippen molar-refractivity contribution in [3.8, 4) is 11.5 Å². The third kappa shape index (κ3) is 4.39. The second-order valence-corrected chi connectivity index (χ2v) is 9.51. The van der Waals surface area contributed by atoms with Crippen LogP contribution in [-0.4, -0.2) is 46.1 Å². The summed E-state index contributed by atoms with van der Waals surface area (Å²) in [7, 11) is 0. The molecule has 0 radical (unpaired) electrons. The third-order valence-electron chi connectivity index (χ3n) is 6.39. The summed E-state index contributed by atoms with van der Waals surface area (Å²) in [5, 5.41) is 11.8. The van der Waals surface area contributed by atoms with Crippen LogP contribution in [0, 0.1) is 0 Å². The minimum Gasteiger partial charge on any atom is -0.485 e. The highest BCUT2D eigenvalue weighted by Crippen LogP contribution is 2.41. The lowest BCUT2D eigenvalue weighted by Crippen LogP contribution is -2.53. The highest BCUT2D eigenvalue weighted by atomic mass is 35.5.